The van der Waals surface area contributed by atoms with Gasteiger partial charge in [-0.3, -0.25) is 0 Å². The molecule has 0 heterocycles. The van der Waals surface area contributed by atoms with Crippen molar-refractivity contribution in [3.8, 4) is 0 Å². The molecule has 0 bridgehead atoms. The summed E-state index contributed by atoms with van der Waals surface area (Å²) in [6, 6.07) is 0. The number of hydrogen-bond acceptors (Lipinski definition) is 1. The van der Waals surface area contributed by atoms with Crippen LogP contribution in [0.3, 0.4) is 0 Å². The Bertz CT molecular complexity index is 451. The monoisotopic (exact) mass is 317 g/mol. The molecule has 0 rings (SSSR count). The fourth-order valence-electron chi connectivity index (χ4n) is 3.61. The van der Waals surface area contributed by atoms with E-state index in [2.05, 4.69) is 91.8 Å². The lowest BCUT2D eigenvalue weighted by Crippen LogP contribution is -2.35. The summed E-state index contributed by atoms with van der Waals surface area (Å²) in [5.41, 5.74) is 9.07. The van der Waals surface area contributed by atoms with Gasteiger partial charge in [-0.25, -0.2) is 0 Å². The van der Waals surface area contributed by atoms with Crippen LogP contribution in [0.25, 0.3) is 0 Å². The van der Waals surface area contributed by atoms with Gasteiger partial charge in [-0.05, 0) is 75.0 Å². The first-order valence-electron chi connectivity index (χ1n) is 9.10. The highest BCUT2D eigenvalue weighted by Crippen LogP contribution is 2.46. The molecule has 0 radical (unpaired) electrons. The Labute approximate surface area is 145 Å². The maximum atomic E-state index is 6.17. The Morgan fingerprint density at radius 2 is 1.52 bits per heavy atom. The zero-order chi connectivity index (χ0) is 18.0. The Balaban J connectivity index is 5.87. The van der Waals surface area contributed by atoms with E-state index in [1.54, 1.807) is 0 Å². The molecule has 0 aromatic carbocycles. The first-order valence-corrected chi connectivity index (χ1v) is 9.10. The molecule has 1 heteroatoms. The molecular formula is C22H39N. The number of allylic oxidation sites excluding steroid dienone is 7. The molecule has 0 saturated heterocycles. The molecule has 3 atom stereocenters. The first-order chi connectivity index (χ1) is 10.8. The van der Waals surface area contributed by atoms with Crippen LogP contribution in [0.1, 0.15) is 61.8 Å². The summed E-state index contributed by atoms with van der Waals surface area (Å²) in [6.07, 6.45) is 14.3. The van der Waals surface area contributed by atoms with Crippen LogP contribution in [-0.2, 0) is 0 Å². The van der Waals surface area contributed by atoms with Gasteiger partial charge in [-0.15, -0.1) is 0 Å². The van der Waals surface area contributed by atoms with Gasteiger partial charge < -0.3 is 5.73 Å². The van der Waals surface area contributed by atoms with E-state index in [1.807, 2.05) is 0 Å². The molecule has 0 aliphatic heterocycles. The second-order valence-electron chi connectivity index (χ2n) is 7.12. The van der Waals surface area contributed by atoms with E-state index in [1.165, 1.54) is 11.1 Å². The minimum atomic E-state index is 0.120. The van der Waals surface area contributed by atoms with E-state index < -0.39 is 0 Å². The highest BCUT2D eigenvalue weighted by molar-refractivity contribution is 5.29. The summed E-state index contributed by atoms with van der Waals surface area (Å²) in [4.78, 5) is 0. The number of hydrogen-bond donors (Lipinski definition) is 1. The van der Waals surface area contributed by atoms with E-state index in [4.69, 9.17) is 5.73 Å². The highest BCUT2D eigenvalue weighted by atomic mass is 14.6. The molecule has 0 saturated carbocycles. The molecule has 132 valence electrons. The van der Waals surface area contributed by atoms with Crippen LogP contribution in [0.15, 0.2) is 47.6 Å². The second-order valence-corrected chi connectivity index (χ2v) is 7.12. The van der Waals surface area contributed by atoms with Crippen LogP contribution < -0.4 is 5.73 Å². The van der Waals surface area contributed by atoms with Crippen molar-refractivity contribution < 1.29 is 0 Å². The van der Waals surface area contributed by atoms with Crippen molar-refractivity contribution in [3.63, 3.8) is 0 Å². The molecule has 0 aromatic rings. The second kappa shape index (κ2) is 10.6. The Kier molecular flexibility index (Phi) is 10.1. The smallest absolute Gasteiger partial charge is 0.000803 e. The standard InChI is InChI=1S/C22H39N/c1-9-13-19(11-3)20(16-23)15-22(8,18(7)17(5)6)21(12-4)14-10-2/h9-14,17-18,20H,15-16,23H2,1-8H3/b13-9-,14-10-,19-11+,21-12+. The zero-order valence-electron chi connectivity index (χ0n) is 16.7. The fraction of sp³-hybridized carbons (Fsp3) is 0.636. The van der Waals surface area contributed by atoms with Crippen molar-refractivity contribution in [2.24, 2.45) is 28.9 Å². The zero-order valence-corrected chi connectivity index (χ0v) is 16.7. The third-order valence-corrected chi connectivity index (χ3v) is 5.44. The molecular weight excluding hydrogens is 278 g/mol. The molecule has 3 unspecified atom stereocenters. The van der Waals surface area contributed by atoms with Crippen LogP contribution >= 0.6 is 0 Å². The largest absolute Gasteiger partial charge is 0.330 e. The molecule has 23 heavy (non-hydrogen) atoms. The summed E-state index contributed by atoms with van der Waals surface area (Å²) in [6.45, 7) is 18.6. The Morgan fingerprint density at radius 3 is 1.87 bits per heavy atom. The molecule has 0 amide bonds. The Morgan fingerprint density at radius 1 is 0.957 bits per heavy atom. The molecule has 1 nitrogen and oxygen atoms in total. The van der Waals surface area contributed by atoms with Crippen molar-refractivity contribution in [2.45, 2.75) is 61.8 Å². The molecule has 0 aromatic heterocycles. The maximum absolute atomic E-state index is 6.17. The van der Waals surface area contributed by atoms with Crippen molar-refractivity contribution in [1.82, 2.24) is 0 Å². The van der Waals surface area contributed by atoms with Crippen LogP contribution in [0, 0.1) is 23.2 Å². The highest BCUT2D eigenvalue weighted by Gasteiger charge is 2.37. The molecule has 0 spiro atoms. The van der Waals surface area contributed by atoms with Gasteiger partial charge in [0, 0.05) is 0 Å². The van der Waals surface area contributed by atoms with Gasteiger partial charge >= 0.3 is 0 Å². The molecule has 0 fully saturated rings. The summed E-state index contributed by atoms with van der Waals surface area (Å²) >= 11 is 0. The normalized spacial score (nSPS) is 19.6. The average Bonchev–Trinajstić information content (AvgIpc) is 2.54. The van der Waals surface area contributed by atoms with Crippen LogP contribution in [0.2, 0.25) is 0 Å². The first kappa shape index (κ1) is 21.9. The lowest BCUT2D eigenvalue weighted by Gasteiger charge is -2.42. The van der Waals surface area contributed by atoms with E-state index in [9.17, 15) is 0 Å². The minimum Gasteiger partial charge on any atom is -0.330 e. The predicted octanol–water partition coefficient (Wildman–Crippen LogP) is 6.29. The SMILES string of the molecule is C/C=C\C(=C/C)C(CN)CC(C)(C(/C=C\C)=C/C)C(C)C(C)C. The topological polar surface area (TPSA) is 26.0 Å². The fourth-order valence-corrected chi connectivity index (χ4v) is 3.61. The molecule has 2 N–H and O–H groups in total. The quantitative estimate of drug-likeness (QED) is 0.496. The summed E-state index contributed by atoms with van der Waals surface area (Å²) < 4.78 is 0. The van der Waals surface area contributed by atoms with Gasteiger partial charge in [-0.2, -0.15) is 0 Å². The summed E-state index contributed by atoms with van der Waals surface area (Å²) in [5.74, 6) is 1.61. The minimum absolute atomic E-state index is 0.120. The lowest BCUT2D eigenvalue weighted by atomic mass is 9.62. The van der Waals surface area contributed by atoms with Crippen molar-refractivity contribution >= 4 is 0 Å². The van der Waals surface area contributed by atoms with Crippen LogP contribution in [0.5, 0.6) is 0 Å². The van der Waals surface area contributed by atoms with E-state index in [0.717, 1.165) is 6.42 Å². The maximum Gasteiger partial charge on any atom is -0.000803 e. The summed E-state index contributed by atoms with van der Waals surface area (Å²) in [7, 11) is 0. The Hall–Kier alpha value is -1.08. The average molecular weight is 318 g/mol. The van der Waals surface area contributed by atoms with Gasteiger partial charge in [0.2, 0.25) is 0 Å². The number of rotatable bonds is 9. The van der Waals surface area contributed by atoms with Gasteiger partial charge in [0.1, 0.15) is 0 Å². The van der Waals surface area contributed by atoms with Gasteiger partial charge in [0.25, 0.3) is 0 Å². The molecule has 0 aliphatic carbocycles. The van der Waals surface area contributed by atoms with Gasteiger partial charge in [0.15, 0.2) is 0 Å². The van der Waals surface area contributed by atoms with Gasteiger partial charge in [-0.1, -0.05) is 64.2 Å². The van der Waals surface area contributed by atoms with Crippen molar-refractivity contribution in [2.75, 3.05) is 6.54 Å². The van der Waals surface area contributed by atoms with E-state index >= 15 is 0 Å². The van der Waals surface area contributed by atoms with Crippen molar-refractivity contribution in [1.29, 1.82) is 0 Å². The molecule has 0 aliphatic rings. The predicted molar refractivity (Wildman–Crippen MR) is 106 cm³/mol. The summed E-state index contributed by atoms with van der Waals surface area (Å²) in [5, 5.41) is 0. The van der Waals surface area contributed by atoms with E-state index in [-0.39, 0.29) is 5.41 Å². The lowest BCUT2D eigenvalue weighted by molar-refractivity contribution is 0.166. The third kappa shape index (κ3) is 5.80. The third-order valence-electron chi connectivity index (χ3n) is 5.44. The van der Waals surface area contributed by atoms with Crippen LogP contribution in [-0.4, -0.2) is 6.54 Å². The number of nitrogens with two attached hydrogens (primary N) is 1. The van der Waals surface area contributed by atoms with E-state index in [0.29, 0.717) is 24.3 Å². The van der Waals surface area contributed by atoms with Crippen LogP contribution in [0.4, 0.5) is 0 Å². The van der Waals surface area contributed by atoms with Gasteiger partial charge in [0.05, 0.1) is 0 Å². The van der Waals surface area contributed by atoms with Crippen molar-refractivity contribution in [3.05, 3.63) is 47.6 Å².